The first kappa shape index (κ1) is 12.6. The zero-order valence-electron chi connectivity index (χ0n) is 10.5. The lowest BCUT2D eigenvalue weighted by atomic mass is 9.99. The van der Waals surface area contributed by atoms with Crippen LogP contribution in [0.15, 0.2) is 28.0 Å². The maximum Gasteiger partial charge on any atom is 0.157 e. The molecule has 0 radical (unpaired) electrons. The van der Waals surface area contributed by atoms with Gasteiger partial charge in [0.1, 0.15) is 0 Å². The summed E-state index contributed by atoms with van der Waals surface area (Å²) in [5.74, 6) is 0.789. The van der Waals surface area contributed by atoms with E-state index < -0.39 is 0 Å². The molecule has 2 rings (SSSR count). The van der Waals surface area contributed by atoms with Gasteiger partial charge in [-0.15, -0.1) is 0 Å². The van der Waals surface area contributed by atoms with Gasteiger partial charge in [-0.1, -0.05) is 38.5 Å². The molecular weight excluding hydrogens is 232 g/mol. The molecule has 0 spiro atoms. The first-order valence-corrected chi connectivity index (χ1v) is 7.17. The van der Waals surface area contributed by atoms with Gasteiger partial charge in [-0.2, -0.15) is 0 Å². The molecule has 1 aliphatic heterocycles. The summed E-state index contributed by atoms with van der Waals surface area (Å²) in [6, 6.07) is 1.98. The monoisotopic (exact) mass is 252 g/mol. The predicted octanol–water partition coefficient (Wildman–Crippen LogP) is 3.28. The number of amidine groups is 1. The summed E-state index contributed by atoms with van der Waals surface area (Å²) in [6.07, 6.45) is 5.97. The zero-order chi connectivity index (χ0) is 12.1. The van der Waals surface area contributed by atoms with Crippen LogP contribution in [0.2, 0.25) is 0 Å². The van der Waals surface area contributed by atoms with Crippen LogP contribution in [0, 0.1) is 5.92 Å². The number of nitrogens with zero attached hydrogens (tertiary/aromatic N) is 1. The maximum atomic E-state index is 5.04. The normalized spacial score (nSPS) is 19.7. The van der Waals surface area contributed by atoms with Crippen molar-refractivity contribution in [3.63, 3.8) is 0 Å². The number of furan rings is 1. The topological polar surface area (TPSA) is 37.5 Å². The van der Waals surface area contributed by atoms with Crippen LogP contribution in [0.1, 0.15) is 32.3 Å². The van der Waals surface area contributed by atoms with Gasteiger partial charge < -0.3 is 9.73 Å². The summed E-state index contributed by atoms with van der Waals surface area (Å²) in [6.45, 7) is 6.31. The fourth-order valence-corrected chi connectivity index (χ4v) is 3.44. The molecule has 3 nitrogen and oxygen atoms in total. The highest BCUT2D eigenvalue weighted by atomic mass is 32.2. The Morgan fingerprint density at radius 2 is 2.35 bits per heavy atom. The summed E-state index contributed by atoms with van der Waals surface area (Å²) in [5, 5.41) is 5.12. The quantitative estimate of drug-likeness (QED) is 0.874. The van der Waals surface area contributed by atoms with E-state index in [9.17, 15) is 0 Å². The van der Waals surface area contributed by atoms with Crippen LogP contribution < -0.4 is 5.32 Å². The summed E-state index contributed by atoms with van der Waals surface area (Å²) >= 11 is 1.90. The van der Waals surface area contributed by atoms with E-state index in [1.807, 2.05) is 17.8 Å². The lowest BCUT2D eigenvalue weighted by molar-refractivity contribution is 0.479. The molecule has 0 fully saturated rings. The smallest absolute Gasteiger partial charge is 0.157 e. The van der Waals surface area contributed by atoms with Crippen molar-refractivity contribution >= 4 is 16.9 Å². The zero-order valence-corrected chi connectivity index (χ0v) is 11.3. The maximum absolute atomic E-state index is 5.04. The van der Waals surface area contributed by atoms with Gasteiger partial charge >= 0.3 is 0 Å². The van der Waals surface area contributed by atoms with Crippen LogP contribution >= 0.6 is 11.8 Å². The second kappa shape index (κ2) is 6.15. The van der Waals surface area contributed by atoms with E-state index in [4.69, 9.17) is 4.42 Å². The summed E-state index contributed by atoms with van der Waals surface area (Å²) < 4.78 is 5.04. The highest BCUT2D eigenvalue weighted by molar-refractivity contribution is 8.14. The minimum absolute atomic E-state index is 0.664. The van der Waals surface area contributed by atoms with Gasteiger partial charge in [0.2, 0.25) is 0 Å². The van der Waals surface area contributed by atoms with Gasteiger partial charge in [0.25, 0.3) is 0 Å². The van der Waals surface area contributed by atoms with Crippen molar-refractivity contribution in [3.8, 4) is 0 Å². The van der Waals surface area contributed by atoms with Crippen LogP contribution in [0.4, 0.5) is 0 Å². The molecule has 0 saturated carbocycles. The minimum Gasteiger partial charge on any atom is -0.472 e. The molecule has 1 aromatic rings. The fraction of sp³-hybridized carbons (Fsp3) is 0.615. The number of hydrogen-bond acceptors (Lipinski definition) is 4. The Morgan fingerprint density at radius 3 is 3.00 bits per heavy atom. The molecule has 1 atom stereocenters. The van der Waals surface area contributed by atoms with Gasteiger partial charge in [0.15, 0.2) is 5.17 Å². The average Bonchev–Trinajstić information content (AvgIpc) is 2.99. The molecule has 1 aromatic heterocycles. The van der Waals surface area contributed by atoms with Crippen molar-refractivity contribution in [3.05, 3.63) is 24.2 Å². The molecule has 4 heteroatoms. The molecule has 0 aromatic carbocycles. The molecule has 0 aliphatic carbocycles. The van der Waals surface area contributed by atoms with Crippen molar-refractivity contribution in [1.29, 1.82) is 0 Å². The van der Waals surface area contributed by atoms with Gasteiger partial charge in [-0.05, 0) is 12.0 Å². The van der Waals surface area contributed by atoms with Crippen molar-refractivity contribution in [1.82, 2.24) is 5.32 Å². The van der Waals surface area contributed by atoms with Gasteiger partial charge in [-0.25, -0.2) is 0 Å². The van der Waals surface area contributed by atoms with E-state index in [2.05, 4.69) is 24.2 Å². The standard InChI is InChI=1S/C13H20N2OS/c1-3-11(4-2)12-8-15-13(17-12)14-7-10-5-6-16-9-10/h5-6,9,11-12H,3-4,7-8H2,1-2H3,(H,14,15). The molecule has 1 aliphatic rings. The van der Waals surface area contributed by atoms with Gasteiger partial charge in [0.05, 0.1) is 19.1 Å². The van der Waals surface area contributed by atoms with Crippen LogP contribution in [0.5, 0.6) is 0 Å². The fourth-order valence-electron chi connectivity index (χ4n) is 2.12. The largest absolute Gasteiger partial charge is 0.472 e. The Bertz CT molecular complexity index is 358. The van der Waals surface area contributed by atoms with Crippen LogP contribution in [-0.2, 0) is 6.54 Å². The van der Waals surface area contributed by atoms with E-state index in [0.29, 0.717) is 5.25 Å². The lowest BCUT2D eigenvalue weighted by Gasteiger charge is -2.18. The lowest BCUT2D eigenvalue weighted by Crippen LogP contribution is -2.21. The number of aliphatic imine (C=N–C) groups is 1. The number of thioether (sulfide) groups is 1. The Kier molecular flexibility index (Phi) is 4.54. The summed E-state index contributed by atoms with van der Waals surface area (Å²) in [4.78, 5) is 4.57. The van der Waals surface area contributed by atoms with E-state index in [-0.39, 0.29) is 0 Å². The Balaban J connectivity index is 1.77. The molecule has 0 saturated heterocycles. The molecular formula is C13H20N2OS. The molecule has 1 unspecified atom stereocenters. The summed E-state index contributed by atoms with van der Waals surface area (Å²) in [7, 11) is 0. The van der Waals surface area contributed by atoms with Crippen LogP contribution in [0.25, 0.3) is 0 Å². The molecule has 17 heavy (non-hydrogen) atoms. The van der Waals surface area contributed by atoms with Gasteiger partial charge in [0, 0.05) is 17.4 Å². The molecule has 2 heterocycles. The first-order chi connectivity index (χ1) is 8.33. The second-order valence-electron chi connectivity index (χ2n) is 4.36. The van der Waals surface area contributed by atoms with E-state index in [1.54, 1.807) is 12.5 Å². The number of nitrogens with one attached hydrogen (secondary N) is 1. The predicted molar refractivity (Wildman–Crippen MR) is 73.3 cm³/mol. The van der Waals surface area contributed by atoms with E-state index in [0.717, 1.165) is 24.2 Å². The van der Waals surface area contributed by atoms with E-state index in [1.165, 1.54) is 18.4 Å². The SMILES string of the molecule is CCC(CC)C1CN=C(NCc2ccoc2)S1. The van der Waals surface area contributed by atoms with Crippen LogP contribution in [-0.4, -0.2) is 17.0 Å². The average molecular weight is 252 g/mol. The van der Waals surface area contributed by atoms with Crippen molar-refractivity contribution < 1.29 is 4.42 Å². The molecule has 0 bridgehead atoms. The van der Waals surface area contributed by atoms with Crippen molar-refractivity contribution in [2.75, 3.05) is 6.54 Å². The van der Waals surface area contributed by atoms with Crippen LogP contribution in [0.3, 0.4) is 0 Å². The first-order valence-electron chi connectivity index (χ1n) is 6.29. The van der Waals surface area contributed by atoms with E-state index >= 15 is 0 Å². The second-order valence-corrected chi connectivity index (χ2v) is 5.59. The van der Waals surface area contributed by atoms with Crippen molar-refractivity contribution in [2.45, 2.75) is 38.5 Å². The third-order valence-electron chi connectivity index (χ3n) is 3.28. The highest BCUT2D eigenvalue weighted by Gasteiger charge is 2.25. The van der Waals surface area contributed by atoms with Crippen molar-refractivity contribution in [2.24, 2.45) is 10.9 Å². The third-order valence-corrected chi connectivity index (χ3v) is 4.61. The Hall–Kier alpha value is -0.900. The number of rotatable bonds is 5. The summed E-state index contributed by atoms with van der Waals surface area (Å²) in [5.41, 5.74) is 1.17. The Morgan fingerprint density at radius 1 is 1.53 bits per heavy atom. The minimum atomic E-state index is 0.664. The molecule has 94 valence electrons. The Labute approximate surface area is 107 Å². The van der Waals surface area contributed by atoms with Gasteiger partial charge in [-0.3, -0.25) is 4.99 Å². The highest BCUT2D eigenvalue weighted by Crippen LogP contribution is 2.30. The third kappa shape index (κ3) is 3.28. The number of hydrogen-bond donors (Lipinski definition) is 1. The molecule has 0 amide bonds. The molecule has 1 N–H and O–H groups in total.